The number of halogens is 1. The predicted molar refractivity (Wildman–Crippen MR) is 87.0 cm³/mol. The quantitative estimate of drug-likeness (QED) is 0.868. The number of hydrogen-bond donors (Lipinski definition) is 2. The van der Waals surface area contributed by atoms with Gasteiger partial charge in [-0.15, -0.1) is 0 Å². The molecule has 0 atom stereocenters. The summed E-state index contributed by atoms with van der Waals surface area (Å²) < 4.78 is 0.972. The third-order valence-electron chi connectivity index (χ3n) is 2.80. The molecular weight excluding hydrogens is 330 g/mol. The van der Waals surface area contributed by atoms with Crippen LogP contribution in [-0.2, 0) is 4.79 Å². The van der Waals surface area contributed by atoms with Gasteiger partial charge in [0, 0.05) is 28.8 Å². The molecule has 5 heteroatoms. The second-order valence-electron chi connectivity index (χ2n) is 4.42. The topological polar surface area (TPSA) is 64.9 Å². The van der Waals surface area contributed by atoms with Gasteiger partial charge in [-0.05, 0) is 42.5 Å². The fourth-order valence-electron chi connectivity index (χ4n) is 1.78. The molecular formula is C16H14BrN3O. The van der Waals surface area contributed by atoms with E-state index in [-0.39, 0.29) is 5.91 Å². The van der Waals surface area contributed by atoms with Crippen molar-refractivity contribution in [3.63, 3.8) is 0 Å². The molecule has 0 saturated heterocycles. The Balaban J connectivity index is 1.79. The van der Waals surface area contributed by atoms with Crippen LogP contribution in [0, 0.1) is 11.3 Å². The molecule has 2 aromatic carbocycles. The van der Waals surface area contributed by atoms with Crippen LogP contribution in [0.3, 0.4) is 0 Å². The van der Waals surface area contributed by atoms with Crippen molar-refractivity contribution in [3.8, 4) is 6.07 Å². The Labute approximate surface area is 131 Å². The molecule has 4 nitrogen and oxygen atoms in total. The number of carbonyl (C=O) groups excluding carboxylic acids is 1. The molecule has 0 aliphatic carbocycles. The molecule has 0 radical (unpaired) electrons. The summed E-state index contributed by atoms with van der Waals surface area (Å²) in [6.07, 6.45) is 0.354. The Morgan fingerprint density at radius 3 is 2.62 bits per heavy atom. The summed E-state index contributed by atoms with van der Waals surface area (Å²) in [5, 5.41) is 14.8. The summed E-state index contributed by atoms with van der Waals surface area (Å²) in [7, 11) is 0. The van der Waals surface area contributed by atoms with Gasteiger partial charge in [-0.1, -0.05) is 22.0 Å². The van der Waals surface area contributed by atoms with E-state index in [0.29, 0.717) is 18.5 Å². The van der Waals surface area contributed by atoms with Gasteiger partial charge in [-0.25, -0.2) is 0 Å². The highest BCUT2D eigenvalue weighted by atomic mass is 79.9. The van der Waals surface area contributed by atoms with E-state index in [0.717, 1.165) is 15.8 Å². The van der Waals surface area contributed by atoms with Crippen molar-refractivity contribution >= 4 is 33.2 Å². The van der Waals surface area contributed by atoms with E-state index >= 15 is 0 Å². The first kappa shape index (κ1) is 15.1. The molecule has 1 amide bonds. The lowest BCUT2D eigenvalue weighted by Gasteiger charge is -2.08. The van der Waals surface area contributed by atoms with Crippen LogP contribution in [0.2, 0.25) is 0 Å². The van der Waals surface area contributed by atoms with Crippen LogP contribution in [0.4, 0.5) is 11.4 Å². The van der Waals surface area contributed by atoms with E-state index < -0.39 is 0 Å². The summed E-state index contributed by atoms with van der Waals surface area (Å²) in [6, 6.07) is 16.7. The number of benzene rings is 2. The summed E-state index contributed by atoms with van der Waals surface area (Å²) in [5.74, 6) is -0.0544. The van der Waals surface area contributed by atoms with Gasteiger partial charge in [0.05, 0.1) is 11.6 Å². The maximum absolute atomic E-state index is 11.8. The van der Waals surface area contributed by atoms with Gasteiger partial charge >= 0.3 is 0 Å². The number of hydrogen-bond acceptors (Lipinski definition) is 3. The number of anilines is 2. The minimum Gasteiger partial charge on any atom is -0.384 e. The van der Waals surface area contributed by atoms with Gasteiger partial charge in [-0.2, -0.15) is 5.26 Å². The van der Waals surface area contributed by atoms with Crippen molar-refractivity contribution in [3.05, 3.63) is 58.6 Å². The molecule has 21 heavy (non-hydrogen) atoms. The van der Waals surface area contributed by atoms with E-state index in [1.165, 1.54) is 0 Å². The molecule has 2 N–H and O–H groups in total. The molecule has 2 rings (SSSR count). The van der Waals surface area contributed by atoms with Crippen LogP contribution in [0.1, 0.15) is 12.0 Å². The second-order valence-corrected chi connectivity index (χ2v) is 5.34. The Bertz CT molecular complexity index is 662. The van der Waals surface area contributed by atoms with Gasteiger partial charge in [-0.3, -0.25) is 4.79 Å². The number of nitriles is 1. The van der Waals surface area contributed by atoms with E-state index in [4.69, 9.17) is 5.26 Å². The van der Waals surface area contributed by atoms with Crippen LogP contribution in [0.15, 0.2) is 53.0 Å². The number of rotatable bonds is 5. The van der Waals surface area contributed by atoms with Gasteiger partial charge < -0.3 is 10.6 Å². The van der Waals surface area contributed by atoms with E-state index in [9.17, 15) is 4.79 Å². The SMILES string of the molecule is N#Cc1cccc(NCCC(=O)Nc2ccc(Br)cc2)c1. The first-order chi connectivity index (χ1) is 10.2. The second kappa shape index (κ2) is 7.46. The van der Waals surface area contributed by atoms with Crippen LogP contribution in [0.25, 0.3) is 0 Å². The van der Waals surface area contributed by atoms with Crippen molar-refractivity contribution < 1.29 is 4.79 Å². The van der Waals surface area contributed by atoms with Crippen molar-refractivity contribution in [2.45, 2.75) is 6.42 Å². The predicted octanol–water partition coefficient (Wildman–Crippen LogP) is 3.76. The lowest BCUT2D eigenvalue weighted by molar-refractivity contribution is -0.115. The smallest absolute Gasteiger partial charge is 0.226 e. The fourth-order valence-corrected chi connectivity index (χ4v) is 2.04. The molecule has 0 fully saturated rings. The highest BCUT2D eigenvalue weighted by Crippen LogP contribution is 2.14. The first-order valence-electron chi connectivity index (χ1n) is 6.47. The molecule has 106 valence electrons. The standard InChI is InChI=1S/C16H14BrN3O/c17-13-4-6-14(7-5-13)20-16(21)8-9-19-15-3-1-2-12(10-15)11-18/h1-7,10,19H,8-9H2,(H,20,21). The molecule has 0 bridgehead atoms. The Hall–Kier alpha value is -2.32. The summed E-state index contributed by atoms with van der Waals surface area (Å²) in [6.45, 7) is 0.511. The highest BCUT2D eigenvalue weighted by molar-refractivity contribution is 9.10. The van der Waals surface area contributed by atoms with Crippen molar-refractivity contribution in [2.24, 2.45) is 0 Å². The number of amides is 1. The zero-order valence-corrected chi connectivity index (χ0v) is 12.9. The largest absolute Gasteiger partial charge is 0.384 e. The summed E-state index contributed by atoms with van der Waals surface area (Å²) in [5.41, 5.74) is 2.21. The summed E-state index contributed by atoms with van der Waals surface area (Å²) >= 11 is 3.35. The average Bonchev–Trinajstić information content (AvgIpc) is 2.50. The minimum absolute atomic E-state index is 0.0544. The third-order valence-corrected chi connectivity index (χ3v) is 3.33. The van der Waals surface area contributed by atoms with E-state index in [1.54, 1.807) is 12.1 Å². The van der Waals surface area contributed by atoms with Gasteiger partial charge in [0.2, 0.25) is 5.91 Å². The lowest BCUT2D eigenvalue weighted by Crippen LogP contribution is -2.16. The number of carbonyl (C=O) groups is 1. The molecule has 0 aliphatic heterocycles. The lowest BCUT2D eigenvalue weighted by atomic mass is 10.2. The number of nitrogens with zero attached hydrogens (tertiary/aromatic N) is 1. The van der Waals surface area contributed by atoms with Crippen LogP contribution in [-0.4, -0.2) is 12.5 Å². The fraction of sp³-hybridized carbons (Fsp3) is 0.125. The average molecular weight is 344 g/mol. The maximum Gasteiger partial charge on any atom is 0.226 e. The van der Waals surface area contributed by atoms with Crippen LogP contribution < -0.4 is 10.6 Å². The monoisotopic (exact) mass is 343 g/mol. The third kappa shape index (κ3) is 4.93. The highest BCUT2D eigenvalue weighted by Gasteiger charge is 2.02. The zero-order chi connectivity index (χ0) is 15.1. The van der Waals surface area contributed by atoms with Crippen molar-refractivity contribution in [1.82, 2.24) is 0 Å². The van der Waals surface area contributed by atoms with Gasteiger partial charge in [0.25, 0.3) is 0 Å². The normalized spacial score (nSPS) is 9.71. The van der Waals surface area contributed by atoms with E-state index in [2.05, 4.69) is 32.6 Å². The summed E-state index contributed by atoms with van der Waals surface area (Å²) in [4.78, 5) is 11.8. The Kier molecular flexibility index (Phi) is 5.35. The molecule has 0 spiro atoms. The van der Waals surface area contributed by atoms with Crippen molar-refractivity contribution in [1.29, 1.82) is 5.26 Å². The molecule has 0 aromatic heterocycles. The molecule has 0 saturated carbocycles. The molecule has 0 aliphatic rings. The minimum atomic E-state index is -0.0544. The van der Waals surface area contributed by atoms with Gasteiger partial charge in [0.15, 0.2) is 0 Å². The van der Waals surface area contributed by atoms with Crippen LogP contribution >= 0.6 is 15.9 Å². The Morgan fingerprint density at radius 1 is 1.14 bits per heavy atom. The molecule has 0 unspecified atom stereocenters. The van der Waals surface area contributed by atoms with Crippen molar-refractivity contribution in [2.75, 3.05) is 17.2 Å². The maximum atomic E-state index is 11.8. The number of nitrogens with one attached hydrogen (secondary N) is 2. The van der Waals surface area contributed by atoms with Gasteiger partial charge in [0.1, 0.15) is 0 Å². The van der Waals surface area contributed by atoms with Crippen LogP contribution in [0.5, 0.6) is 0 Å². The molecule has 2 aromatic rings. The molecule has 0 heterocycles. The van der Waals surface area contributed by atoms with E-state index in [1.807, 2.05) is 36.4 Å². The first-order valence-corrected chi connectivity index (χ1v) is 7.26. The Morgan fingerprint density at radius 2 is 1.90 bits per heavy atom. The zero-order valence-electron chi connectivity index (χ0n) is 11.3.